The summed E-state index contributed by atoms with van der Waals surface area (Å²) in [5.41, 5.74) is 0.719. The topological polar surface area (TPSA) is 84.7 Å². The van der Waals surface area contributed by atoms with E-state index in [0.717, 1.165) is 18.4 Å². The highest BCUT2D eigenvalue weighted by molar-refractivity contribution is 5.77. The lowest BCUT2D eigenvalue weighted by Crippen LogP contribution is -2.27. The summed E-state index contributed by atoms with van der Waals surface area (Å²) in [4.78, 5) is 23.5. The molecule has 1 saturated carbocycles. The lowest BCUT2D eigenvalue weighted by Gasteiger charge is -2.12. The van der Waals surface area contributed by atoms with Gasteiger partial charge in [0.2, 0.25) is 0 Å². The smallest absolute Gasteiger partial charge is 0.311 e. The largest absolute Gasteiger partial charge is 0.477 e. The van der Waals surface area contributed by atoms with E-state index >= 15 is 0 Å². The van der Waals surface area contributed by atoms with Crippen LogP contribution < -0.4 is 10.1 Å². The Labute approximate surface area is 123 Å². The Bertz CT molecular complexity index is 541. The predicted octanol–water partition coefficient (Wildman–Crippen LogP) is 1.31. The number of nitro groups is 1. The number of hydrogen-bond acceptors (Lipinski definition) is 5. The summed E-state index contributed by atoms with van der Waals surface area (Å²) >= 11 is 0. The summed E-state index contributed by atoms with van der Waals surface area (Å²) in [6.07, 6.45) is 2.33. The molecule has 21 heavy (non-hydrogen) atoms. The van der Waals surface area contributed by atoms with Crippen molar-refractivity contribution in [3.8, 4) is 5.75 Å². The van der Waals surface area contributed by atoms with Crippen LogP contribution in [0.15, 0.2) is 18.2 Å². The number of nitrogens with one attached hydrogen (secondary N) is 1. The second-order valence-corrected chi connectivity index (χ2v) is 5.29. The van der Waals surface area contributed by atoms with Crippen molar-refractivity contribution in [2.45, 2.75) is 25.4 Å². The maximum absolute atomic E-state index is 11.5. The van der Waals surface area contributed by atoms with Crippen molar-refractivity contribution in [3.63, 3.8) is 0 Å². The molecule has 1 N–H and O–H groups in total. The van der Waals surface area contributed by atoms with E-state index in [-0.39, 0.29) is 24.0 Å². The SMILES string of the molecule is CN(C)C(=O)COc1ccc(CNC2CC2)cc1[N+](=O)[O-]. The first-order valence-electron chi connectivity index (χ1n) is 6.81. The number of amides is 1. The van der Waals surface area contributed by atoms with Crippen LogP contribution in [-0.4, -0.2) is 42.5 Å². The molecular formula is C14H19N3O4. The van der Waals surface area contributed by atoms with Gasteiger partial charge in [-0.25, -0.2) is 0 Å². The number of nitrogens with zero attached hydrogens (tertiary/aromatic N) is 2. The molecule has 7 nitrogen and oxygen atoms in total. The Hall–Kier alpha value is -2.15. The van der Waals surface area contributed by atoms with Crippen LogP contribution in [0.3, 0.4) is 0 Å². The summed E-state index contributed by atoms with van der Waals surface area (Å²) in [6, 6.07) is 5.35. The minimum atomic E-state index is -0.490. The molecule has 0 aromatic heterocycles. The normalized spacial score (nSPS) is 13.8. The van der Waals surface area contributed by atoms with E-state index in [0.29, 0.717) is 12.6 Å². The first-order chi connectivity index (χ1) is 9.97. The fourth-order valence-corrected chi connectivity index (χ4v) is 1.76. The van der Waals surface area contributed by atoms with Crippen molar-refractivity contribution < 1.29 is 14.5 Å². The number of likely N-dealkylation sites (N-methyl/N-ethyl adjacent to an activating group) is 1. The number of benzene rings is 1. The number of ether oxygens (including phenoxy) is 1. The molecule has 114 valence electrons. The second kappa shape index (κ2) is 6.53. The van der Waals surface area contributed by atoms with E-state index in [4.69, 9.17) is 4.74 Å². The number of rotatable bonds is 7. The Kier molecular flexibility index (Phi) is 4.74. The molecule has 1 amide bonds. The molecule has 0 radical (unpaired) electrons. The zero-order valence-electron chi connectivity index (χ0n) is 12.2. The van der Waals surface area contributed by atoms with Crippen molar-refractivity contribution in [3.05, 3.63) is 33.9 Å². The molecule has 1 aromatic rings. The first-order valence-corrected chi connectivity index (χ1v) is 6.81. The molecule has 0 heterocycles. The van der Waals surface area contributed by atoms with E-state index in [2.05, 4.69) is 5.32 Å². The lowest BCUT2D eigenvalue weighted by atomic mass is 10.2. The van der Waals surface area contributed by atoms with Crippen LogP contribution in [0.25, 0.3) is 0 Å². The molecule has 0 unspecified atom stereocenters. The van der Waals surface area contributed by atoms with Gasteiger partial charge >= 0.3 is 5.69 Å². The van der Waals surface area contributed by atoms with Gasteiger partial charge in [-0.1, -0.05) is 6.07 Å². The van der Waals surface area contributed by atoms with Crippen LogP contribution in [0.1, 0.15) is 18.4 Å². The van der Waals surface area contributed by atoms with Gasteiger partial charge in [0, 0.05) is 32.7 Å². The number of hydrogen-bond donors (Lipinski definition) is 1. The zero-order valence-corrected chi connectivity index (χ0v) is 12.2. The maximum atomic E-state index is 11.5. The second-order valence-electron chi connectivity index (χ2n) is 5.29. The Balaban J connectivity index is 2.04. The molecule has 1 aliphatic carbocycles. The molecule has 0 spiro atoms. The van der Waals surface area contributed by atoms with Gasteiger partial charge < -0.3 is 15.0 Å². The van der Waals surface area contributed by atoms with E-state index in [1.807, 2.05) is 0 Å². The van der Waals surface area contributed by atoms with Crippen molar-refractivity contribution in [2.24, 2.45) is 0 Å². The van der Waals surface area contributed by atoms with Crippen LogP contribution in [0.2, 0.25) is 0 Å². The molecule has 0 aliphatic heterocycles. The van der Waals surface area contributed by atoms with Crippen molar-refractivity contribution in [1.29, 1.82) is 0 Å². The van der Waals surface area contributed by atoms with Gasteiger partial charge in [0.15, 0.2) is 12.4 Å². The highest BCUT2D eigenvalue weighted by atomic mass is 16.6. The minimum absolute atomic E-state index is 0.114. The summed E-state index contributed by atoms with van der Waals surface area (Å²) < 4.78 is 5.26. The average Bonchev–Trinajstić information content (AvgIpc) is 3.26. The Morgan fingerprint density at radius 2 is 2.19 bits per heavy atom. The predicted molar refractivity (Wildman–Crippen MR) is 77.1 cm³/mol. The van der Waals surface area contributed by atoms with E-state index in [1.165, 1.54) is 11.0 Å². The highest BCUT2D eigenvalue weighted by Crippen LogP contribution is 2.28. The van der Waals surface area contributed by atoms with Crippen LogP contribution in [-0.2, 0) is 11.3 Å². The molecule has 1 aromatic carbocycles. The fraction of sp³-hybridized carbons (Fsp3) is 0.500. The minimum Gasteiger partial charge on any atom is -0.477 e. The molecule has 7 heteroatoms. The molecular weight excluding hydrogens is 274 g/mol. The summed E-state index contributed by atoms with van der Waals surface area (Å²) in [5, 5.41) is 14.4. The molecule has 0 saturated heterocycles. The molecule has 0 bridgehead atoms. The maximum Gasteiger partial charge on any atom is 0.311 e. The van der Waals surface area contributed by atoms with Gasteiger partial charge in [0.1, 0.15) is 0 Å². The van der Waals surface area contributed by atoms with Crippen molar-refractivity contribution in [1.82, 2.24) is 10.2 Å². The summed E-state index contributed by atoms with van der Waals surface area (Å²) in [5.74, 6) is -0.130. The first kappa shape index (κ1) is 15.2. The monoisotopic (exact) mass is 293 g/mol. The molecule has 2 rings (SSSR count). The molecule has 0 atom stereocenters. The standard InChI is InChI=1S/C14H19N3O4/c1-16(2)14(18)9-21-13-6-3-10(7-12(13)17(19)20)8-15-11-4-5-11/h3,6-7,11,15H,4-5,8-9H2,1-2H3. The summed E-state index contributed by atoms with van der Waals surface area (Å²) in [6.45, 7) is 0.385. The molecule has 1 aliphatic rings. The highest BCUT2D eigenvalue weighted by Gasteiger charge is 2.21. The van der Waals surface area contributed by atoms with Crippen molar-refractivity contribution >= 4 is 11.6 Å². The van der Waals surface area contributed by atoms with Gasteiger partial charge in [0.25, 0.3) is 5.91 Å². The fourth-order valence-electron chi connectivity index (χ4n) is 1.76. The van der Waals surface area contributed by atoms with E-state index in [1.54, 1.807) is 26.2 Å². The Morgan fingerprint density at radius 1 is 1.48 bits per heavy atom. The number of carbonyl (C=O) groups excluding carboxylic acids is 1. The average molecular weight is 293 g/mol. The van der Waals surface area contributed by atoms with E-state index < -0.39 is 4.92 Å². The third-order valence-corrected chi connectivity index (χ3v) is 3.24. The third-order valence-electron chi connectivity index (χ3n) is 3.24. The van der Waals surface area contributed by atoms with Gasteiger partial charge in [-0.2, -0.15) is 0 Å². The van der Waals surface area contributed by atoms with Crippen LogP contribution in [0.4, 0.5) is 5.69 Å². The number of carbonyl (C=O) groups is 1. The van der Waals surface area contributed by atoms with Gasteiger partial charge in [-0.05, 0) is 24.5 Å². The number of nitro benzene ring substituents is 1. The Morgan fingerprint density at radius 3 is 2.76 bits per heavy atom. The van der Waals surface area contributed by atoms with Crippen LogP contribution >= 0.6 is 0 Å². The van der Waals surface area contributed by atoms with Gasteiger partial charge in [-0.3, -0.25) is 14.9 Å². The van der Waals surface area contributed by atoms with Crippen LogP contribution in [0, 0.1) is 10.1 Å². The van der Waals surface area contributed by atoms with Gasteiger partial charge in [-0.15, -0.1) is 0 Å². The van der Waals surface area contributed by atoms with Crippen molar-refractivity contribution in [2.75, 3.05) is 20.7 Å². The molecule has 1 fully saturated rings. The lowest BCUT2D eigenvalue weighted by molar-refractivity contribution is -0.385. The zero-order chi connectivity index (χ0) is 15.4. The summed E-state index contributed by atoms with van der Waals surface area (Å²) in [7, 11) is 3.21. The third kappa shape index (κ3) is 4.42. The van der Waals surface area contributed by atoms with Gasteiger partial charge in [0.05, 0.1) is 4.92 Å². The van der Waals surface area contributed by atoms with E-state index in [9.17, 15) is 14.9 Å². The van der Waals surface area contributed by atoms with Crippen LogP contribution in [0.5, 0.6) is 5.75 Å². The quantitative estimate of drug-likeness (QED) is 0.605.